The van der Waals surface area contributed by atoms with Crippen LogP contribution < -0.4 is 0 Å². The molecule has 6 nitrogen and oxygen atoms in total. The lowest BCUT2D eigenvalue weighted by Crippen LogP contribution is -2.60. The third-order valence-electron chi connectivity index (χ3n) is 4.05. The average Bonchev–Trinajstić information content (AvgIpc) is 2.96. The third kappa shape index (κ3) is 2.43. The number of hydrogen-bond donors (Lipinski definition) is 0. The molecular weight excluding hydrogens is 308 g/mol. The normalized spacial score (nSPS) is 40.7. The van der Waals surface area contributed by atoms with E-state index in [0.29, 0.717) is 6.61 Å². The zero-order valence-electron chi connectivity index (χ0n) is 11.9. The van der Waals surface area contributed by atoms with Gasteiger partial charge in [0.2, 0.25) is 0 Å². The first-order valence-corrected chi connectivity index (χ1v) is 8.02. The van der Waals surface area contributed by atoms with Gasteiger partial charge in [-0.05, 0) is 11.8 Å². The van der Waals surface area contributed by atoms with Crippen LogP contribution in [0, 0.1) is 0 Å². The van der Waals surface area contributed by atoms with Crippen molar-refractivity contribution in [2.45, 2.75) is 36.1 Å². The van der Waals surface area contributed by atoms with E-state index in [-0.39, 0.29) is 28.9 Å². The lowest BCUT2D eigenvalue weighted by molar-refractivity contribution is -0.329. The molecule has 0 saturated carbocycles. The number of thioether (sulfide) groups is 1. The van der Waals surface area contributed by atoms with Crippen LogP contribution in [-0.2, 0) is 23.7 Å². The van der Waals surface area contributed by atoms with Crippen molar-refractivity contribution in [1.29, 1.82) is 0 Å². The van der Waals surface area contributed by atoms with Gasteiger partial charge in [-0.1, -0.05) is 30.3 Å². The molecule has 3 aliphatic rings. The molecule has 3 saturated heterocycles. The molecule has 118 valence electrons. The SMILES string of the molecule is CO[C@@H]1O[C@@H]2COC(c3ccccc3)O[C@H]2[C@@H]2OC(=O)S[C@H]12. The molecule has 0 aromatic heterocycles. The van der Waals surface area contributed by atoms with Crippen LogP contribution in [0.5, 0.6) is 0 Å². The van der Waals surface area contributed by atoms with E-state index >= 15 is 0 Å². The molecule has 0 bridgehead atoms. The smallest absolute Gasteiger partial charge is 0.368 e. The average molecular weight is 324 g/mol. The van der Waals surface area contributed by atoms with E-state index in [2.05, 4.69) is 0 Å². The number of carbonyl (C=O) groups is 1. The van der Waals surface area contributed by atoms with E-state index in [1.54, 1.807) is 7.11 Å². The van der Waals surface area contributed by atoms with Crippen LogP contribution in [0.3, 0.4) is 0 Å². The van der Waals surface area contributed by atoms with E-state index in [4.69, 9.17) is 23.7 Å². The van der Waals surface area contributed by atoms with E-state index in [1.807, 2.05) is 30.3 Å². The van der Waals surface area contributed by atoms with Crippen LogP contribution in [-0.4, -0.2) is 48.9 Å². The fourth-order valence-electron chi connectivity index (χ4n) is 3.03. The maximum atomic E-state index is 11.6. The summed E-state index contributed by atoms with van der Waals surface area (Å²) >= 11 is 1.10. The molecule has 7 heteroatoms. The van der Waals surface area contributed by atoms with Gasteiger partial charge in [-0.3, -0.25) is 0 Å². The van der Waals surface area contributed by atoms with E-state index in [0.717, 1.165) is 17.3 Å². The molecule has 3 aliphatic heterocycles. The van der Waals surface area contributed by atoms with E-state index < -0.39 is 12.6 Å². The maximum Gasteiger partial charge on any atom is 0.368 e. The molecule has 1 aromatic rings. The molecule has 0 spiro atoms. The summed E-state index contributed by atoms with van der Waals surface area (Å²) in [6.45, 7) is 0.371. The number of ether oxygens (including phenoxy) is 5. The number of methoxy groups -OCH3 is 1. The zero-order valence-corrected chi connectivity index (χ0v) is 12.7. The van der Waals surface area contributed by atoms with Crippen molar-refractivity contribution >= 4 is 17.1 Å². The second kappa shape index (κ2) is 5.82. The standard InChI is InChI=1S/C15H16O6S/c1-17-14-12-11(21-15(16)22-12)10-9(19-14)7-18-13(20-10)8-5-3-2-4-6-8/h2-6,9-14H,7H2,1H3/t9-,10-,11+,12+,13?,14-/m1/s1. The topological polar surface area (TPSA) is 63.2 Å². The summed E-state index contributed by atoms with van der Waals surface area (Å²) in [5, 5.41) is -0.527. The van der Waals surface area contributed by atoms with Gasteiger partial charge in [0.1, 0.15) is 23.6 Å². The minimum atomic E-state index is -0.497. The minimum Gasteiger partial charge on any atom is -0.450 e. The summed E-state index contributed by atoms with van der Waals surface area (Å²) in [7, 11) is 1.56. The van der Waals surface area contributed by atoms with Gasteiger partial charge in [-0.2, -0.15) is 0 Å². The molecule has 0 amide bonds. The summed E-state index contributed by atoms with van der Waals surface area (Å²) in [5.41, 5.74) is 0.934. The number of benzene rings is 1. The highest BCUT2D eigenvalue weighted by molar-refractivity contribution is 8.14. The Labute approximate surface area is 132 Å². The molecule has 4 rings (SSSR count). The van der Waals surface area contributed by atoms with Crippen molar-refractivity contribution in [2.75, 3.05) is 13.7 Å². The quantitative estimate of drug-likeness (QED) is 0.772. The van der Waals surface area contributed by atoms with Gasteiger partial charge in [-0.15, -0.1) is 0 Å². The maximum absolute atomic E-state index is 11.6. The van der Waals surface area contributed by atoms with Crippen LogP contribution in [0.25, 0.3) is 0 Å². The van der Waals surface area contributed by atoms with Gasteiger partial charge in [0.15, 0.2) is 12.6 Å². The molecule has 3 fully saturated rings. The van der Waals surface area contributed by atoms with E-state index in [1.165, 1.54) is 0 Å². The Morgan fingerprint density at radius 2 is 2.00 bits per heavy atom. The van der Waals surface area contributed by atoms with Crippen molar-refractivity contribution in [1.82, 2.24) is 0 Å². The fourth-order valence-corrected chi connectivity index (χ4v) is 4.05. The van der Waals surface area contributed by atoms with Gasteiger partial charge < -0.3 is 23.7 Å². The number of fused-ring (bicyclic) bond motifs is 3. The predicted molar refractivity (Wildman–Crippen MR) is 77.3 cm³/mol. The van der Waals surface area contributed by atoms with Crippen LogP contribution >= 0.6 is 11.8 Å². The van der Waals surface area contributed by atoms with Crippen LogP contribution in [0.1, 0.15) is 11.9 Å². The van der Waals surface area contributed by atoms with Crippen LogP contribution in [0.15, 0.2) is 30.3 Å². The monoisotopic (exact) mass is 324 g/mol. The molecule has 1 aromatic carbocycles. The largest absolute Gasteiger partial charge is 0.450 e. The number of rotatable bonds is 2. The molecule has 6 atom stereocenters. The first-order chi connectivity index (χ1) is 10.8. The summed E-state index contributed by atoms with van der Waals surface area (Å²) in [5.74, 6) is 0. The lowest BCUT2D eigenvalue weighted by atomic mass is 9.99. The van der Waals surface area contributed by atoms with Crippen molar-refractivity contribution in [3.63, 3.8) is 0 Å². The van der Waals surface area contributed by atoms with Gasteiger partial charge in [0, 0.05) is 12.7 Å². The summed E-state index contributed by atoms with van der Waals surface area (Å²) in [6.07, 6.45) is -2.01. The molecular formula is C15H16O6S. The molecule has 22 heavy (non-hydrogen) atoms. The third-order valence-corrected chi connectivity index (χ3v) is 5.10. The predicted octanol–water partition coefficient (Wildman–Crippen LogP) is 2.09. The molecule has 0 N–H and O–H groups in total. The Hall–Kier alpha value is -1.12. The van der Waals surface area contributed by atoms with Crippen LogP contribution in [0.4, 0.5) is 4.79 Å². The second-order valence-corrected chi connectivity index (χ2v) is 6.48. The Morgan fingerprint density at radius 1 is 1.18 bits per heavy atom. The Morgan fingerprint density at radius 3 is 2.77 bits per heavy atom. The van der Waals surface area contributed by atoms with Gasteiger partial charge in [0.25, 0.3) is 0 Å². The summed E-state index contributed by atoms with van der Waals surface area (Å²) in [6, 6.07) is 9.69. The first-order valence-electron chi connectivity index (χ1n) is 7.14. The number of hydrogen-bond acceptors (Lipinski definition) is 7. The van der Waals surface area contributed by atoms with Gasteiger partial charge >= 0.3 is 5.30 Å². The fraction of sp³-hybridized carbons (Fsp3) is 0.533. The van der Waals surface area contributed by atoms with Crippen LogP contribution in [0.2, 0.25) is 0 Å². The first kappa shape index (κ1) is 14.5. The highest BCUT2D eigenvalue weighted by atomic mass is 32.2. The van der Waals surface area contributed by atoms with Crippen molar-refractivity contribution in [3.05, 3.63) is 35.9 Å². The Kier molecular flexibility index (Phi) is 3.83. The lowest BCUT2D eigenvalue weighted by Gasteiger charge is -2.45. The zero-order chi connectivity index (χ0) is 15.1. The second-order valence-electron chi connectivity index (χ2n) is 5.37. The Bertz CT molecular complexity index is 552. The van der Waals surface area contributed by atoms with Crippen molar-refractivity contribution in [3.8, 4) is 0 Å². The highest BCUT2D eigenvalue weighted by Crippen LogP contribution is 2.43. The Balaban J connectivity index is 1.56. The number of carbonyl (C=O) groups excluding carboxylic acids is 1. The summed E-state index contributed by atoms with van der Waals surface area (Å²) in [4.78, 5) is 11.6. The van der Waals surface area contributed by atoms with E-state index in [9.17, 15) is 4.79 Å². The van der Waals surface area contributed by atoms with Crippen molar-refractivity contribution < 1.29 is 28.5 Å². The molecule has 0 radical (unpaired) electrons. The minimum absolute atomic E-state index is 0.215. The van der Waals surface area contributed by atoms with Gasteiger partial charge in [-0.25, -0.2) is 4.79 Å². The van der Waals surface area contributed by atoms with Gasteiger partial charge in [0.05, 0.1) is 6.61 Å². The highest BCUT2D eigenvalue weighted by Gasteiger charge is 2.56. The van der Waals surface area contributed by atoms with Crippen molar-refractivity contribution in [2.24, 2.45) is 0 Å². The summed E-state index contributed by atoms with van der Waals surface area (Å²) < 4.78 is 28.4. The molecule has 1 unspecified atom stereocenters. The molecule has 0 aliphatic carbocycles. The molecule has 3 heterocycles.